The van der Waals surface area contributed by atoms with Crippen molar-refractivity contribution in [3.8, 4) is 22.1 Å². The third-order valence-corrected chi connectivity index (χ3v) is 5.75. The monoisotopic (exact) mass is 487 g/mol. The summed E-state index contributed by atoms with van der Waals surface area (Å²) in [5, 5.41) is 16.5. The van der Waals surface area contributed by atoms with Gasteiger partial charge in [0.25, 0.3) is 5.91 Å². The average molecular weight is 488 g/mol. The van der Waals surface area contributed by atoms with Crippen molar-refractivity contribution >= 4 is 43.8 Å². The molecule has 2 aromatic heterocycles. The molecule has 0 saturated heterocycles. The van der Waals surface area contributed by atoms with Crippen LogP contribution in [0, 0.1) is 0 Å². The van der Waals surface area contributed by atoms with Crippen LogP contribution in [-0.4, -0.2) is 39.4 Å². The molecule has 1 N–H and O–H groups in total. The molecule has 0 fully saturated rings. The predicted octanol–water partition coefficient (Wildman–Crippen LogP) is 4.20. The van der Waals surface area contributed by atoms with E-state index in [0.29, 0.717) is 17.2 Å². The number of fused-ring (bicyclic) bond motifs is 1. The Bertz CT molecular complexity index is 1190. The highest BCUT2D eigenvalue weighted by Crippen LogP contribution is 2.33. The molecular formula is C20H18BrN5O3S. The molecule has 0 radical (unpaired) electrons. The van der Waals surface area contributed by atoms with Crippen LogP contribution in [0.3, 0.4) is 0 Å². The molecule has 0 bridgehead atoms. The zero-order chi connectivity index (χ0) is 21.1. The normalized spacial score (nSPS) is 10.9. The first-order chi connectivity index (χ1) is 14.6. The first kappa shape index (κ1) is 20.3. The lowest BCUT2D eigenvalue weighted by Gasteiger charge is -2.12. The highest BCUT2D eigenvalue weighted by atomic mass is 79.9. The molecule has 0 aliphatic rings. The molecule has 4 rings (SSSR count). The van der Waals surface area contributed by atoms with Crippen molar-refractivity contribution in [3.63, 3.8) is 0 Å². The molecule has 0 saturated carbocycles. The number of rotatable bonds is 7. The number of carbonyl (C=O) groups excluding carboxylic acids is 1. The zero-order valence-corrected chi connectivity index (χ0v) is 18.7. The van der Waals surface area contributed by atoms with Crippen molar-refractivity contribution in [1.29, 1.82) is 0 Å². The summed E-state index contributed by atoms with van der Waals surface area (Å²) >= 11 is 4.80. The first-order valence-electron chi connectivity index (χ1n) is 9.15. The van der Waals surface area contributed by atoms with E-state index in [1.54, 1.807) is 29.8 Å². The summed E-state index contributed by atoms with van der Waals surface area (Å²) in [7, 11) is 1.56. The number of nitrogens with zero attached hydrogens (tertiary/aromatic N) is 4. The van der Waals surface area contributed by atoms with E-state index in [1.807, 2.05) is 31.2 Å². The minimum absolute atomic E-state index is 0.119. The van der Waals surface area contributed by atoms with Gasteiger partial charge in [0, 0.05) is 16.5 Å². The van der Waals surface area contributed by atoms with Crippen LogP contribution in [0.25, 0.3) is 15.5 Å². The third-order valence-electron chi connectivity index (χ3n) is 4.28. The number of carbonyl (C=O) groups is 1. The van der Waals surface area contributed by atoms with Gasteiger partial charge in [-0.3, -0.25) is 4.79 Å². The van der Waals surface area contributed by atoms with E-state index in [1.165, 1.54) is 11.3 Å². The lowest BCUT2D eigenvalue weighted by Crippen LogP contribution is -2.20. The van der Waals surface area contributed by atoms with Gasteiger partial charge < -0.3 is 14.8 Å². The second-order valence-electron chi connectivity index (χ2n) is 6.28. The van der Waals surface area contributed by atoms with E-state index in [2.05, 4.69) is 36.5 Å². The van der Waals surface area contributed by atoms with Crippen LogP contribution in [0.4, 0.5) is 5.69 Å². The lowest BCUT2D eigenvalue weighted by molar-refractivity contribution is -0.118. The van der Waals surface area contributed by atoms with Gasteiger partial charge in [-0.25, -0.2) is 0 Å². The fraction of sp³-hybridized carbons (Fsp3) is 0.200. The SMILES string of the molecule is CCc1nnc2sc(-c3ccc(OC)c(NC(=O)COc4ccc(Br)cc4)c3)nn12. The van der Waals surface area contributed by atoms with Gasteiger partial charge in [-0.1, -0.05) is 34.2 Å². The minimum Gasteiger partial charge on any atom is -0.495 e. The number of ether oxygens (including phenoxy) is 2. The Morgan fingerprint density at radius 2 is 2.00 bits per heavy atom. The highest BCUT2D eigenvalue weighted by Gasteiger charge is 2.15. The van der Waals surface area contributed by atoms with Gasteiger partial charge in [0.15, 0.2) is 12.4 Å². The summed E-state index contributed by atoms with van der Waals surface area (Å²) in [6.07, 6.45) is 0.743. The van der Waals surface area contributed by atoms with Gasteiger partial charge in [-0.05, 0) is 42.5 Å². The number of benzene rings is 2. The Morgan fingerprint density at radius 1 is 1.20 bits per heavy atom. The summed E-state index contributed by atoms with van der Waals surface area (Å²) in [4.78, 5) is 13.1. The first-order valence-corrected chi connectivity index (χ1v) is 10.8. The van der Waals surface area contributed by atoms with E-state index in [0.717, 1.165) is 32.2 Å². The maximum atomic E-state index is 12.4. The number of methoxy groups -OCH3 is 1. The summed E-state index contributed by atoms with van der Waals surface area (Å²) in [5.74, 6) is 1.67. The fourth-order valence-electron chi connectivity index (χ4n) is 2.80. The Labute approximate surface area is 185 Å². The van der Waals surface area contributed by atoms with Crippen molar-refractivity contribution in [1.82, 2.24) is 19.8 Å². The number of amides is 1. The Kier molecular flexibility index (Phi) is 5.96. The van der Waals surface area contributed by atoms with Crippen LogP contribution in [-0.2, 0) is 11.2 Å². The molecule has 1 amide bonds. The van der Waals surface area contributed by atoms with Crippen LogP contribution in [0.5, 0.6) is 11.5 Å². The highest BCUT2D eigenvalue weighted by molar-refractivity contribution is 9.10. The second-order valence-corrected chi connectivity index (χ2v) is 8.15. The maximum absolute atomic E-state index is 12.4. The molecule has 0 aliphatic heterocycles. The van der Waals surface area contributed by atoms with Gasteiger partial charge in [0.05, 0.1) is 12.8 Å². The largest absolute Gasteiger partial charge is 0.495 e. The molecule has 0 unspecified atom stereocenters. The molecule has 2 aromatic carbocycles. The van der Waals surface area contributed by atoms with E-state index >= 15 is 0 Å². The molecule has 8 nitrogen and oxygen atoms in total. The Morgan fingerprint density at radius 3 is 2.73 bits per heavy atom. The molecule has 4 aromatic rings. The van der Waals surface area contributed by atoms with Crippen molar-refractivity contribution < 1.29 is 14.3 Å². The van der Waals surface area contributed by atoms with Crippen molar-refractivity contribution in [2.24, 2.45) is 0 Å². The van der Waals surface area contributed by atoms with E-state index in [9.17, 15) is 4.79 Å². The van der Waals surface area contributed by atoms with E-state index in [4.69, 9.17) is 9.47 Å². The summed E-state index contributed by atoms with van der Waals surface area (Å²) in [6.45, 7) is 1.89. The van der Waals surface area contributed by atoms with Crippen LogP contribution in [0.1, 0.15) is 12.7 Å². The van der Waals surface area contributed by atoms with Crippen LogP contribution in [0.2, 0.25) is 0 Å². The zero-order valence-electron chi connectivity index (χ0n) is 16.3. The molecular weight excluding hydrogens is 470 g/mol. The standard InChI is InChI=1S/C20H18BrN5O3S/c1-3-17-23-24-20-26(17)25-19(30-20)12-4-9-16(28-2)15(10-12)22-18(27)11-29-14-7-5-13(21)6-8-14/h4-10H,3,11H2,1-2H3,(H,22,27). The number of aromatic nitrogens is 4. The van der Waals surface area contributed by atoms with E-state index in [-0.39, 0.29) is 12.5 Å². The summed E-state index contributed by atoms with van der Waals surface area (Å²) in [6, 6.07) is 12.8. The number of hydrogen-bond donors (Lipinski definition) is 1. The predicted molar refractivity (Wildman–Crippen MR) is 118 cm³/mol. The maximum Gasteiger partial charge on any atom is 0.262 e. The second kappa shape index (κ2) is 8.80. The third kappa shape index (κ3) is 4.29. The lowest BCUT2D eigenvalue weighted by atomic mass is 10.2. The van der Waals surface area contributed by atoms with Crippen LogP contribution >= 0.6 is 27.3 Å². The number of aryl methyl sites for hydroxylation is 1. The Hall–Kier alpha value is -2.98. The molecule has 2 heterocycles. The molecule has 0 atom stereocenters. The quantitative estimate of drug-likeness (QED) is 0.419. The van der Waals surface area contributed by atoms with Crippen molar-refractivity contribution in [2.45, 2.75) is 13.3 Å². The van der Waals surface area contributed by atoms with Crippen LogP contribution < -0.4 is 14.8 Å². The van der Waals surface area contributed by atoms with Crippen LogP contribution in [0.15, 0.2) is 46.9 Å². The smallest absolute Gasteiger partial charge is 0.262 e. The minimum atomic E-state index is -0.292. The molecule has 10 heteroatoms. The van der Waals surface area contributed by atoms with Gasteiger partial charge in [0.1, 0.15) is 16.5 Å². The van der Waals surface area contributed by atoms with Crippen molar-refractivity contribution in [3.05, 3.63) is 52.8 Å². The molecule has 154 valence electrons. The molecule has 0 spiro atoms. The fourth-order valence-corrected chi connectivity index (χ4v) is 3.92. The number of halogens is 1. The average Bonchev–Trinajstić information content (AvgIpc) is 3.34. The molecule has 0 aliphatic carbocycles. The Balaban J connectivity index is 1.52. The number of nitrogens with one attached hydrogen (secondary N) is 1. The van der Waals surface area contributed by atoms with Crippen molar-refractivity contribution in [2.75, 3.05) is 19.0 Å². The van der Waals surface area contributed by atoms with Gasteiger partial charge in [-0.2, -0.15) is 9.61 Å². The summed E-state index contributed by atoms with van der Waals surface area (Å²) < 4.78 is 13.6. The molecule has 30 heavy (non-hydrogen) atoms. The van der Waals surface area contributed by atoms with E-state index < -0.39 is 0 Å². The van der Waals surface area contributed by atoms with Gasteiger partial charge in [-0.15, -0.1) is 10.2 Å². The van der Waals surface area contributed by atoms with Gasteiger partial charge in [0.2, 0.25) is 4.96 Å². The summed E-state index contributed by atoms with van der Waals surface area (Å²) in [5.41, 5.74) is 1.39. The number of hydrogen-bond acceptors (Lipinski definition) is 7. The number of anilines is 1. The van der Waals surface area contributed by atoms with Gasteiger partial charge >= 0.3 is 0 Å². The topological polar surface area (TPSA) is 90.6 Å².